The molecule has 2 unspecified atom stereocenters. The van der Waals surface area contributed by atoms with Crippen LogP contribution in [0.25, 0.3) is 0 Å². The summed E-state index contributed by atoms with van der Waals surface area (Å²) in [5.74, 6) is 0.509. The van der Waals surface area contributed by atoms with Gasteiger partial charge in [-0.05, 0) is 43.0 Å². The first-order chi connectivity index (χ1) is 7.58. The molecule has 2 rings (SSSR count). The highest BCUT2D eigenvalue weighted by Gasteiger charge is 2.22. The number of nitrogens with two attached hydrogens (primary N) is 1. The molecule has 1 aliphatic rings. The minimum Gasteiger partial charge on any atom is -0.371 e. The van der Waals surface area contributed by atoms with Crippen LogP contribution in [0.2, 0.25) is 0 Å². The van der Waals surface area contributed by atoms with Crippen molar-refractivity contribution in [1.29, 1.82) is 0 Å². The van der Waals surface area contributed by atoms with Crippen LogP contribution in [-0.2, 0) is 0 Å². The van der Waals surface area contributed by atoms with Gasteiger partial charge in [-0.2, -0.15) is 0 Å². The van der Waals surface area contributed by atoms with E-state index in [4.69, 9.17) is 5.73 Å². The summed E-state index contributed by atoms with van der Waals surface area (Å²) in [6, 6.07) is 4.81. The van der Waals surface area contributed by atoms with E-state index in [0.29, 0.717) is 5.92 Å². The molecule has 0 aliphatic carbocycles. The van der Waals surface area contributed by atoms with Crippen molar-refractivity contribution >= 4 is 5.69 Å². The number of halogens is 1. The highest BCUT2D eigenvalue weighted by Crippen LogP contribution is 2.30. The summed E-state index contributed by atoms with van der Waals surface area (Å²) in [5.41, 5.74) is 7.90. The van der Waals surface area contributed by atoms with Crippen LogP contribution in [0, 0.1) is 11.7 Å². The van der Waals surface area contributed by atoms with Crippen LogP contribution >= 0.6 is 0 Å². The minimum absolute atomic E-state index is 0.124. The Bertz CT molecular complexity index is 376. The third-order valence-corrected chi connectivity index (χ3v) is 3.24. The van der Waals surface area contributed by atoms with Gasteiger partial charge in [0, 0.05) is 24.8 Å². The van der Waals surface area contributed by atoms with E-state index in [-0.39, 0.29) is 11.9 Å². The van der Waals surface area contributed by atoms with Crippen molar-refractivity contribution in [3.63, 3.8) is 0 Å². The average molecular weight is 222 g/mol. The van der Waals surface area contributed by atoms with E-state index >= 15 is 0 Å². The minimum atomic E-state index is -0.205. The lowest BCUT2D eigenvalue weighted by Crippen LogP contribution is -2.22. The first-order valence-corrected chi connectivity index (χ1v) is 5.88. The molecule has 1 aromatic carbocycles. The molecule has 2 N–H and O–H groups in total. The Morgan fingerprint density at radius 3 is 2.81 bits per heavy atom. The van der Waals surface area contributed by atoms with E-state index in [1.807, 2.05) is 13.0 Å². The Kier molecular flexibility index (Phi) is 3.15. The van der Waals surface area contributed by atoms with E-state index < -0.39 is 0 Å². The van der Waals surface area contributed by atoms with Crippen LogP contribution in [-0.4, -0.2) is 13.1 Å². The molecule has 3 heteroatoms. The van der Waals surface area contributed by atoms with Crippen molar-refractivity contribution in [2.24, 2.45) is 11.7 Å². The van der Waals surface area contributed by atoms with Gasteiger partial charge in [0.25, 0.3) is 0 Å². The lowest BCUT2D eigenvalue weighted by Gasteiger charge is -2.23. The largest absolute Gasteiger partial charge is 0.371 e. The number of benzene rings is 1. The molecule has 88 valence electrons. The highest BCUT2D eigenvalue weighted by molar-refractivity contribution is 5.55. The van der Waals surface area contributed by atoms with Gasteiger partial charge in [0.05, 0.1) is 0 Å². The van der Waals surface area contributed by atoms with Crippen LogP contribution in [0.15, 0.2) is 18.2 Å². The molecule has 1 heterocycles. The van der Waals surface area contributed by atoms with Gasteiger partial charge in [-0.25, -0.2) is 4.39 Å². The van der Waals surface area contributed by atoms with Crippen LogP contribution in [0.3, 0.4) is 0 Å². The van der Waals surface area contributed by atoms with Crippen LogP contribution < -0.4 is 10.6 Å². The maximum atomic E-state index is 13.2. The number of hydrogen-bond acceptors (Lipinski definition) is 2. The van der Waals surface area contributed by atoms with Gasteiger partial charge in [-0.3, -0.25) is 0 Å². The highest BCUT2D eigenvalue weighted by atomic mass is 19.1. The number of nitrogens with zero attached hydrogens (tertiary/aromatic N) is 1. The van der Waals surface area contributed by atoms with Crippen molar-refractivity contribution in [2.45, 2.75) is 26.3 Å². The fourth-order valence-electron chi connectivity index (χ4n) is 2.33. The molecular weight excluding hydrogens is 203 g/mol. The van der Waals surface area contributed by atoms with E-state index in [2.05, 4.69) is 11.8 Å². The molecule has 1 saturated heterocycles. The summed E-state index contributed by atoms with van der Waals surface area (Å²) in [7, 11) is 0. The van der Waals surface area contributed by atoms with Gasteiger partial charge in [-0.15, -0.1) is 0 Å². The second kappa shape index (κ2) is 4.42. The van der Waals surface area contributed by atoms with E-state index in [1.54, 1.807) is 6.07 Å². The second-order valence-electron chi connectivity index (χ2n) is 4.83. The fourth-order valence-corrected chi connectivity index (χ4v) is 2.33. The van der Waals surface area contributed by atoms with E-state index in [1.165, 1.54) is 12.5 Å². The molecule has 0 saturated carbocycles. The lowest BCUT2D eigenvalue weighted by molar-refractivity contribution is 0.621. The molecule has 0 amide bonds. The fraction of sp³-hybridized carbons (Fsp3) is 0.538. The predicted octanol–water partition coefficient (Wildman–Crippen LogP) is 2.69. The Morgan fingerprint density at radius 2 is 2.25 bits per heavy atom. The van der Waals surface area contributed by atoms with E-state index in [9.17, 15) is 4.39 Å². The van der Waals surface area contributed by atoms with Crippen LogP contribution in [0.1, 0.15) is 31.9 Å². The monoisotopic (exact) mass is 222 g/mol. The number of anilines is 1. The number of hydrogen-bond donors (Lipinski definition) is 1. The van der Waals surface area contributed by atoms with Gasteiger partial charge >= 0.3 is 0 Å². The van der Waals surface area contributed by atoms with Gasteiger partial charge in [0.1, 0.15) is 5.82 Å². The molecule has 16 heavy (non-hydrogen) atoms. The predicted molar refractivity (Wildman–Crippen MR) is 65.0 cm³/mol. The zero-order chi connectivity index (χ0) is 11.7. The van der Waals surface area contributed by atoms with Crippen LogP contribution in [0.4, 0.5) is 10.1 Å². The Hall–Kier alpha value is -1.09. The van der Waals surface area contributed by atoms with Gasteiger partial charge < -0.3 is 10.6 Å². The molecule has 0 radical (unpaired) electrons. The molecule has 1 fully saturated rings. The van der Waals surface area contributed by atoms with Gasteiger partial charge in [0.15, 0.2) is 0 Å². The standard InChI is InChI=1S/C13H19FN2/c1-9-5-6-16(8-9)13-4-3-11(14)7-12(13)10(2)15/h3-4,7,9-10H,5-6,8,15H2,1-2H3. The van der Waals surface area contributed by atoms with Crippen molar-refractivity contribution in [3.05, 3.63) is 29.6 Å². The SMILES string of the molecule is CC1CCN(c2ccc(F)cc2C(C)N)C1. The lowest BCUT2D eigenvalue weighted by atomic mass is 10.1. The average Bonchev–Trinajstić information content (AvgIpc) is 2.64. The third kappa shape index (κ3) is 2.19. The number of rotatable bonds is 2. The summed E-state index contributed by atoms with van der Waals surface area (Å²) in [5, 5.41) is 0. The van der Waals surface area contributed by atoms with Crippen molar-refractivity contribution in [1.82, 2.24) is 0 Å². The van der Waals surface area contributed by atoms with Crippen molar-refractivity contribution in [3.8, 4) is 0 Å². The first kappa shape index (κ1) is 11.4. The Labute approximate surface area is 96.2 Å². The molecule has 0 spiro atoms. The zero-order valence-corrected chi connectivity index (χ0v) is 9.91. The maximum Gasteiger partial charge on any atom is 0.123 e. The first-order valence-electron chi connectivity index (χ1n) is 5.88. The van der Waals surface area contributed by atoms with Crippen molar-refractivity contribution < 1.29 is 4.39 Å². The molecule has 2 nitrogen and oxygen atoms in total. The molecule has 2 atom stereocenters. The molecule has 1 aliphatic heterocycles. The normalized spacial score (nSPS) is 22.5. The second-order valence-corrected chi connectivity index (χ2v) is 4.83. The third-order valence-electron chi connectivity index (χ3n) is 3.24. The Morgan fingerprint density at radius 1 is 1.50 bits per heavy atom. The quantitative estimate of drug-likeness (QED) is 0.833. The maximum absolute atomic E-state index is 13.2. The summed E-state index contributed by atoms with van der Waals surface area (Å²) < 4.78 is 13.2. The molecule has 0 bridgehead atoms. The van der Waals surface area contributed by atoms with E-state index in [0.717, 1.165) is 24.3 Å². The summed E-state index contributed by atoms with van der Waals surface area (Å²) in [6.45, 7) is 6.24. The topological polar surface area (TPSA) is 29.3 Å². The zero-order valence-electron chi connectivity index (χ0n) is 9.91. The summed E-state index contributed by atoms with van der Waals surface area (Å²) in [6.07, 6.45) is 1.20. The van der Waals surface area contributed by atoms with Crippen LogP contribution in [0.5, 0.6) is 0 Å². The van der Waals surface area contributed by atoms with Crippen molar-refractivity contribution in [2.75, 3.05) is 18.0 Å². The molecule has 1 aromatic rings. The van der Waals surface area contributed by atoms with Gasteiger partial charge in [-0.1, -0.05) is 6.92 Å². The Balaban J connectivity index is 2.32. The smallest absolute Gasteiger partial charge is 0.123 e. The molecule has 0 aromatic heterocycles. The summed E-state index contributed by atoms with van der Waals surface area (Å²) in [4.78, 5) is 2.31. The molecular formula is C13H19FN2. The summed E-state index contributed by atoms with van der Waals surface area (Å²) >= 11 is 0. The van der Waals surface area contributed by atoms with Gasteiger partial charge in [0.2, 0.25) is 0 Å².